The molecule has 0 radical (unpaired) electrons. The lowest BCUT2D eigenvalue weighted by molar-refractivity contribution is -0.116. The summed E-state index contributed by atoms with van der Waals surface area (Å²) >= 11 is 0. The van der Waals surface area contributed by atoms with Gasteiger partial charge in [0, 0.05) is 6.20 Å². The molecule has 1 saturated heterocycles. The van der Waals surface area contributed by atoms with Crippen molar-refractivity contribution in [1.82, 2.24) is 0 Å². The van der Waals surface area contributed by atoms with Crippen molar-refractivity contribution in [1.29, 1.82) is 0 Å². The van der Waals surface area contributed by atoms with Gasteiger partial charge in [-0.15, -0.1) is 0 Å². The molecule has 1 atom stereocenters. The van der Waals surface area contributed by atoms with Crippen LogP contribution < -0.4 is 0 Å². The zero-order chi connectivity index (χ0) is 14.9. The Morgan fingerprint density at radius 3 is 2.36 bits per heavy atom. The van der Waals surface area contributed by atoms with E-state index in [2.05, 4.69) is 4.99 Å². The van der Waals surface area contributed by atoms with Gasteiger partial charge in [0.1, 0.15) is 5.92 Å². The molecule has 3 heteroatoms. The molecule has 2 aliphatic rings. The SMILES string of the molecule is O=C1/C(=C/c2ccccc2)OC2=NC=C(c3ccccc3)C12. The maximum atomic E-state index is 12.7. The second-order valence-corrected chi connectivity index (χ2v) is 5.24. The molecule has 2 aromatic carbocycles. The van der Waals surface area contributed by atoms with Gasteiger partial charge in [0.05, 0.1) is 0 Å². The number of nitrogens with zero attached hydrogens (tertiary/aromatic N) is 1. The van der Waals surface area contributed by atoms with Crippen molar-refractivity contribution in [2.75, 3.05) is 0 Å². The number of aliphatic imine (C=N–C) groups is 1. The van der Waals surface area contributed by atoms with Crippen molar-refractivity contribution in [3.8, 4) is 0 Å². The van der Waals surface area contributed by atoms with Crippen LogP contribution in [0.25, 0.3) is 11.6 Å². The molecule has 2 heterocycles. The van der Waals surface area contributed by atoms with E-state index in [1.54, 1.807) is 12.3 Å². The van der Waals surface area contributed by atoms with Crippen LogP contribution in [0.3, 0.4) is 0 Å². The predicted octanol–water partition coefficient (Wildman–Crippen LogP) is 3.70. The summed E-state index contributed by atoms with van der Waals surface area (Å²) in [6.07, 6.45) is 3.50. The number of benzene rings is 2. The maximum absolute atomic E-state index is 12.7. The fourth-order valence-electron chi connectivity index (χ4n) is 2.73. The van der Waals surface area contributed by atoms with Crippen LogP contribution >= 0.6 is 0 Å². The van der Waals surface area contributed by atoms with Crippen molar-refractivity contribution in [3.63, 3.8) is 0 Å². The minimum Gasteiger partial charge on any atom is -0.438 e. The van der Waals surface area contributed by atoms with E-state index >= 15 is 0 Å². The first-order chi connectivity index (χ1) is 10.8. The predicted molar refractivity (Wildman–Crippen MR) is 85.9 cm³/mol. The second-order valence-electron chi connectivity index (χ2n) is 5.24. The molecule has 2 aliphatic heterocycles. The van der Waals surface area contributed by atoms with Crippen LogP contribution in [-0.2, 0) is 9.53 Å². The Bertz CT molecular complexity index is 817. The van der Waals surface area contributed by atoms with Crippen molar-refractivity contribution in [2.45, 2.75) is 0 Å². The summed E-state index contributed by atoms with van der Waals surface area (Å²) in [7, 11) is 0. The van der Waals surface area contributed by atoms with Crippen LogP contribution in [-0.4, -0.2) is 11.7 Å². The number of carbonyl (C=O) groups is 1. The quantitative estimate of drug-likeness (QED) is 0.790. The van der Waals surface area contributed by atoms with Gasteiger partial charge in [-0.1, -0.05) is 60.7 Å². The molecule has 4 rings (SSSR count). The monoisotopic (exact) mass is 287 g/mol. The van der Waals surface area contributed by atoms with Gasteiger partial charge in [0.15, 0.2) is 5.76 Å². The Morgan fingerprint density at radius 2 is 1.64 bits per heavy atom. The first kappa shape index (κ1) is 12.8. The summed E-state index contributed by atoms with van der Waals surface area (Å²) in [5, 5.41) is 0. The summed E-state index contributed by atoms with van der Waals surface area (Å²) in [5.74, 6) is 0.398. The Hall–Kier alpha value is -2.94. The van der Waals surface area contributed by atoms with E-state index in [1.165, 1.54) is 0 Å². The highest BCUT2D eigenvalue weighted by Gasteiger charge is 2.43. The summed E-state index contributed by atoms with van der Waals surface area (Å²) in [4.78, 5) is 16.9. The van der Waals surface area contributed by atoms with Crippen LogP contribution in [0.15, 0.2) is 77.6 Å². The first-order valence-electron chi connectivity index (χ1n) is 7.15. The van der Waals surface area contributed by atoms with Gasteiger partial charge in [0.2, 0.25) is 11.7 Å². The average molecular weight is 287 g/mol. The van der Waals surface area contributed by atoms with Crippen LogP contribution in [0.4, 0.5) is 0 Å². The number of ether oxygens (including phenoxy) is 1. The third-order valence-electron chi connectivity index (χ3n) is 3.81. The lowest BCUT2D eigenvalue weighted by Crippen LogP contribution is -2.13. The van der Waals surface area contributed by atoms with E-state index in [9.17, 15) is 4.79 Å². The first-order valence-corrected chi connectivity index (χ1v) is 7.15. The molecule has 1 unspecified atom stereocenters. The Labute approximate surface area is 128 Å². The lowest BCUT2D eigenvalue weighted by atomic mass is 9.91. The van der Waals surface area contributed by atoms with E-state index in [1.807, 2.05) is 60.7 Å². The molecule has 0 spiro atoms. The van der Waals surface area contributed by atoms with E-state index in [0.29, 0.717) is 11.7 Å². The van der Waals surface area contributed by atoms with Gasteiger partial charge in [-0.3, -0.25) is 4.79 Å². The highest BCUT2D eigenvalue weighted by molar-refractivity contribution is 6.24. The van der Waals surface area contributed by atoms with Gasteiger partial charge >= 0.3 is 0 Å². The fourth-order valence-corrected chi connectivity index (χ4v) is 2.73. The van der Waals surface area contributed by atoms with Crippen molar-refractivity contribution in [3.05, 3.63) is 83.7 Å². The zero-order valence-electron chi connectivity index (χ0n) is 11.8. The molecule has 22 heavy (non-hydrogen) atoms. The highest BCUT2D eigenvalue weighted by Crippen LogP contribution is 2.38. The summed E-state index contributed by atoms with van der Waals surface area (Å²) in [5.41, 5.74) is 2.85. The Morgan fingerprint density at radius 1 is 0.955 bits per heavy atom. The number of rotatable bonds is 2. The van der Waals surface area contributed by atoms with E-state index in [0.717, 1.165) is 16.7 Å². The number of allylic oxidation sites excluding steroid dienone is 1. The molecule has 0 N–H and O–H groups in total. The number of hydrogen-bond acceptors (Lipinski definition) is 3. The molecule has 0 aliphatic carbocycles. The van der Waals surface area contributed by atoms with E-state index < -0.39 is 5.92 Å². The van der Waals surface area contributed by atoms with Crippen molar-refractivity contribution < 1.29 is 9.53 Å². The van der Waals surface area contributed by atoms with Crippen molar-refractivity contribution in [2.24, 2.45) is 10.9 Å². The second kappa shape index (κ2) is 5.11. The molecule has 0 amide bonds. The van der Waals surface area contributed by atoms with Crippen LogP contribution in [0, 0.1) is 5.92 Å². The number of Topliss-reactive ketones (excluding diaryl/α,β-unsaturated/α-hetero) is 1. The van der Waals surface area contributed by atoms with Crippen molar-refractivity contribution >= 4 is 23.3 Å². The topological polar surface area (TPSA) is 38.7 Å². The summed E-state index contributed by atoms with van der Waals surface area (Å²) < 4.78 is 5.66. The van der Waals surface area contributed by atoms with Gasteiger partial charge in [-0.2, -0.15) is 0 Å². The average Bonchev–Trinajstić information content (AvgIpc) is 3.11. The maximum Gasteiger partial charge on any atom is 0.214 e. The summed E-state index contributed by atoms with van der Waals surface area (Å²) in [6.45, 7) is 0. The molecule has 2 aromatic rings. The van der Waals surface area contributed by atoms with Gasteiger partial charge < -0.3 is 4.74 Å². The molecule has 0 aromatic heterocycles. The van der Waals surface area contributed by atoms with Crippen LogP contribution in [0.5, 0.6) is 0 Å². The third-order valence-corrected chi connectivity index (χ3v) is 3.81. The third kappa shape index (κ3) is 2.07. The van der Waals surface area contributed by atoms with E-state index in [4.69, 9.17) is 4.74 Å². The minimum absolute atomic E-state index is 0.0322. The standard InChI is InChI=1S/C19H13NO2/c21-18-16(11-13-7-3-1-4-8-13)22-19-17(18)15(12-20-19)14-9-5-2-6-10-14/h1-12,17H/b16-11-. The highest BCUT2D eigenvalue weighted by atomic mass is 16.5. The zero-order valence-corrected chi connectivity index (χ0v) is 11.8. The normalized spacial score (nSPS) is 21.4. The smallest absolute Gasteiger partial charge is 0.214 e. The Kier molecular flexibility index (Phi) is 2.97. The molecule has 3 nitrogen and oxygen atoms in total. The van der Waals surface area contributed by atoms with Crippen LogP contribution in [0.1, 0.15) is 11.1 Å². The van der Waals surface area contributed by atoms with Gasteiger partial charge in [-0.25, -0.2) is 4.99 Å². The number of hydrogen-bond donors (Lipinski definition) is 0. The molecular weight excluding hydrogens is 274 g/mol. The number of fused-ring (bicyclic) bond motifs is 1. The number of ketones is 1. The minimum atomic E-state index is -0.405. The number of carbonyl (C=O) groups excluding carboxylic acids is 1. The molecule has 0 saturated carbocycles. The summed E-state index contributed by atoms with van der Waals surface area (Å²) in [6, 6.07) is 19.5. The van der Waals surface area contributed by atoms with Crippen LogP contribution in [0.2, 0.25) is 0 Å². The molecular formula is C19H13NO2. The molecule has 0 bridgehead atoms. The molecule has 106 valence electrons. The molecule has 1 fully saturated rings. The Balaban J connectivity index is 1.67. The fraction of sp³-hybridized carbons (Fsp3) is 0.0526. The van der Waals surface area contributed by atoms with E-state index in [-0.39, 0.29) is 5.78 Å². The van der Waals surface area contributed by atoms with Gasteiger partial charge in [0.25, 0.3) is 0 Å². The largest absolute Gasteiger partial charge is 0.438 e. The van der Waals surface area contributed by atoms with Gasteiger partial charge in [-0.05, 0) is 22.8 Å². The lowest BCUT2D eigenvalue weighted by Gasteiger charge is -2.06.